The number of nitrogen functional groups attached to an aromatic ring is 1. The number of phosphoric acid groups is 3. The van der Waals surface area contributed by atoms with Crippen LogP contribution in [0.4, 0.5) is 5.95 Å². The molecule has 5 heterocycles. The monoisotopic (exact) mass is 749 g/mol. The molecule has 3 aromatic heterocycles. The summed E-state index contributed by atoms with van der Waals surface area (Å²) in [5.74, 6) is -0.364. The van der Waals surface area contributed by atoms with Gasteiger partial charge in [0.2, 0.25) is 5.95 Å². The highest BCUT2D eigenvalue weighted by Gasteiger charge is 2.52. The number of H-pyrrole nitrogens is 2. The van der Waals surface area contributed by atoms with Crippen LogP contribution in [-0.2, 0) is 41.3 Å². The maximum Gasteiger partial charge on any atom is 0.472 e. The van der Waals surface area contributed by atoms with Crippen LogP contribution in [0.1, 0.15) is 12.5 Å². The minimum absolute atomic E-state index is 0.233. The number of ether oxygens (including phenoxy) is 2. The van der Waals surface area contributed by atoms with Crippen molar-refractivity contribution in [2.24, 2.45) is 0 Å². The molecular formula is C19H26N7O19P3. The number of rotatable bonds is 12. The van der Waals surface area contributed by atoms with Crippen LogP contribution < -0.4 is 22.5 Å². The highest BCUT2D eigenvalue weighted by atomic mass is 31.2. The Kier molecular flexibility index (Phi) is 10.1. The van der Waals surface area contributed by atoms with Gasteiger partial charge in [-0.15, -0.1) is 0 Å². The summed E-state index contributed by atoms with van der Waals surface area (Å²) in [6.07, 6.45) is -13.1. The number of imidazole rings is 1. The fourth-order valence-corrected chi connectivity index (χ4v) is 6.75. The number of hydrogen-bond donors (Lipinski definition) is 10. The van der Waals surface area contributed by atoms with E-state index in [4.69, 9.17) is 34.0 Å². The molecule has 26 nitrogen and oxygen atoms in total. The molecule has 11 N–H and O–H groups in total. The fourth-order valence-electron chi connectivity index (χ4n) is 4.87. The summed E-state index contributed by atoms with van der Waals surface area (Å²) in [5.41, 5.74) is 2.36. The molecule has 0 radical (unpaired) electrons. The van der Waals surface area contributed by atoms with Crippen LogP contribution in [0.15, 0.2) is 33.0 Å². The minimum Gasteiger partial charge on any atom is -0.386 e. The highest BCUT2D eigenvalue weighted by molar-refractivity contribution is 7.47. The molecule has 2 saturated heterocycles. The van der Waals surface area contributed by atoms with Crippen molar-refractivity contribution in [1.29, 1.82) is 0 Å². The van der Waals surface area contributed by atoms with E-state index in [1.807, 2.05) is 4.98 Å². The Morgan fingerprint density at radius 1 is 0.854 bits per heavy atom. The summed E-state index contributed by atoms with van der Waals surface area (Å²) in [6.45, 7) is -2.18. The lowest BCUT2D eigenvalue weighted by molar-refractivity contribution is -0.0605. The third kappa shape index (κ3) is 8.06. The van der Waals surface area contributed by atoms with Crippen molar-refractivity contribution in [2.75, 3.05) is 18.9 Å². The molecule has 29 heteroatoms. The molecule has 0 saturated carbocycles. The smallest absolute Gasteiger partial charge is 0.386 e. The van der Waals surface area contributed by atoms with E-state index in [0.29, 0.717) is 4.57 Å². The summed E-state index contributed by atoms with van der Waals surface area (Å²) in [5, 5.41) is 21.7. The summed E-state index contributed by atoms with van der Waals surface area (Å²) >= 11 is 0. The van der Waals surface area contributed by atoms with E-state index in [2.05, 4.69) is 24.0 Å². The van der Waals surface area contributed by atoms with E-state index in [0.717, 1.165) is 23.2 Å². The molecule has 5 rings (SSSR count). The summed E-state index contributed by atoms with van der Waals surface area (Å²) in [4.78, 5) is 95.2. The van der Waals surface area contributed by atoms with Crippen LogP contribution in [0.2, 0.25) is 0 Å². The van der Waals surface area contributed by atoms with E-state index in [9.17, 15) is 53.0 Å². The summed E-state index contributed by atoms with van der Waals surface area (Å²) in [7, 11) is -16.0. The van der Waals surface area contributed by atoms with E-state index in [1.54, 1.807) is 0 Å². The quantitative estimate of drug-likeness (QED) is 0.0786. The topological polar surface area (TPSA) is 393 Å². The van der Waals surface area contributed by atoms with Gasteiger partial charge in [-0.05, 0) is 0 Å². The Morgan fingerprint density at radius 2 is 1.44 bits per heavy atom. The second-order valence-corrected chi connectivity index (χ2v) is 13.9. The molecule has 2 aliphatic rings. The number of nitrogens with two attached hydrogens (primary N) is 1. The van der Waals surface area contributed by atoms with Crippen LogP contribution in [0.25, 0.3) is 11.2 Å². The lowest BCUT2D eigenvalue weighted by Crippen LogP contribution is -2.39. The Hall–Kier alpha value is -3.00. The van der Waals surface area contributed by atoms with E-state index in [-0.39, 0.29) is 17.1 Å². The Balaban J connectivity index is 1.37. The van der Waals surface area contributed by atoms with Crippen LogP contribution >= 0.6 is 23.5 Å². The number of fused-ring (bicyclic) bond motifs is 1. The van der Waals surface area contributed by atoms with Gasteiger partial charge >= 0.3 is 29.2 Å². The SMILES string of the molecule is Nc1nc2c(ncn2[C@@H]2O[C@H](COP(=O)(O)O)[C@@H](OP(=O)(O)OC[C@H]3O[C@@H](n4ccc(=O)[nH]c4=O)[C@H](O)[C@@H]3OP(=O)(O)O)[C@H]2O)c(=O)[nH]1. The number of aromatic nitrogens is 6. The van der Waals surface area contributed by atoms with E-state index in [1.165, 1.54) is 0 Å². The van der Waals surface area contributed by atoms with Crippen molar-refractivity contribution < 1.29 is 75.9 Å². The van der Waals surface area contributed by atoms with Gasteiger partial charge < -0.3 is 49.9 Å². The normalized spacial score (nSPS) is 29.4. The number of nitrogens with one attached hydrogen (secondary N) is 2. The zero-order chi connectivity index (χ0) is 35.3. The first-order chi connectivity index (χ1) is 22.2. The number of nitrogens with zero attached hydrogens (tertiary/aromatic N) is 4. The van der Waals surface area contributed by atoms with E-state index < -0.39 is 103 Å². The molecule has 266 valence electrons. The molecule has 0 aromatic carbocycles. The van der Waals surface area contributed by atoms with Crippen LogP contribution in [0.3, 0.4) is 0 Å². The molecule has 0 amide bonds. The first-order valence-electron chi connectivity index (χ1n) is 13.0. The molecule has 0 spiro atoms. The summed E-state index contributed by atoms with van der Waals surface area (Å²) < 4.78 is 67.6. The summed E-state index contributed by atoms with van der Waals surface area (Å²) in [6, 6.07) is 0.862. The zero-order valence-electron chi connectivity index (χ0n) is 23.5. The van der Waals surface area contributed by atoms with Crippen molar-refractivity contribution in [2.45, 2.75) is 49.1 Å². The second kappa shape index (κ2) is 13.4. The van der Waals surface area contributed by atoms with Gasteiger partial charge in [-0.25, -0.2) is 23.5 Å². The highest BCUT2D eigenvalue weighted by Crippen LogP contribution is 2.51. The number of aromatic amines is 2. The average molecular weight is 749 g/mol. The maximum atomic E-state index is 13.1. The lowest BCUT2D eigenvalue weighted by atomic mass is 10.1. The second-order valence-electron chi connectivity index (χ2n) is 10.1. The molecule has 9 atom stereocenters. The third-order valence-electron chi connectivity index (χ3n) is 6.79. The maximum absolute atomic E-state index is 13.1. The molecule has 2 fully saturated rings. The standard InChI is InChI=1S/C19H26N7O19P3/c20-18-23-14-9(15(30)24-18)21-5-26(14)17-11(29)13(6(43-17)3-40-46(32,33)34)45-48(38,39)41-4-7-12(44-47(35,36)37)10(28)16(42-7)25-2-1-8(27)22-19(25)31/h1-2,5-7,10-13,16-17,28-29H,3-4H2,(H,38,39)(H,22,27,31)(H2,32,33,34)(H2,35,36,37)(H3,20,23,24,30)/t6-,7-,10-,11-,12-,13-,16-,17-/m1/s1. The first-order valence-corrected chi connectivity index (χ1v) is 17.6. The van der Waals surface area contributed by atoms with Gasteiger partial charge in [0.15, 0.2) is 23.6 Å². The largest absolute Gasteiger partial charge is 0.472 e. The first kappa shape index (κ1) is 36.3. The number of anilines is 1. The minimum atomic E-state index is -5.44. The molecular weight excluding hydrogens is 723 g/mol. The molecule has 0 bridgehead atoms. The third-order valence-corrected chi connectivity index (χ3v) is 8.78. The van der Waals surface area contributed by atoms with Crippen molar-refractivity contribution >= 4 is 40.6 Å². The number of aliphatic hydroxyl groups is 2. The molecule has 2 aliphatic heterocycles. The predicted molar refractivity (Wildman–Crippen MR) is 149 cm³/mol. The van der Waals surface area contributed by atoms with Gasteiger partial charge in [0.1, 0.15) is 36.6 Å². The van der Waals surface area contributed by atoms with Gasteiger partial charge in [-0.3, -0.25) is 46.8 Å². The van der Waals surface area contributed by atoms with Gasteiger partial charge in [0, 0.05) is 12.3 Å². The molecule has 3 aromatic rings. The lowest BCUT2D eigenvalue weighted by Gasteiger charge is -2.25. The van der Waals surface area contributed by atoms with Crippen molar-refractivity contribution in [1.82, 2.24) is 29.1 Å². The van der Waals surface area contributed by atoms with Crippen LogP contribution in [0.5, 0.6) is 0 Å². The molecule has 48 heavy (non-hydrogen) atoms. The molecule has 0 aliphatic carbocycles. The Labute approximate surface area is 263 Å². The van der Waals surface area contributed by atoms with E-state index >= 15 is 0 Å². The number of hydrogen-bond acceptors (Lipinski definition) is 17. The van der Waals surface area contributed by atoms with Crippen molar-refractivity contribution in [3.05, 3.63) is 49.8 Å². The van der Waals surface area contributed by atoms with Gasteiger partial charge in [0.05, 0.1) is 19.5 Å². The zero-order valence-corrected chi connectivity index (χ0v) is 26.2. The van der Waals surface area contributed by atoms with Crippen LogP contribution in [-0.4, -0.2) is 114 Å². The van der Waals surface area contributed by atoms with Gasteiger partial charge in [0.25, 0.3) is 11.1 Å². The predicted octanol–water partition coefficient (Wildman–Crippen LogP) is -4.14. The van der Waals surface area contributed by atoms with Gasteiger partial charge in [-0.2, -0.15) is 4.98 Å². The fraction of sp³-hybridized carbons (Fsp3) is 0.526. The Morgan fingerprint density at radius 3 is 2.02 bits per heavy atom. The number of aliphatic hydroxyl groups excluding tert-OH is 2. The Bertz CT molecular complexity index is 1990. The number of phosphoric ester groups is 3. The van der Waals surface area contributed by atoms with Crippen LogP contribution in [0, 0.1) is 0 Å². The van der Waals surface area contributed by atoms with Gasteiger partial charge in [-0.1, -0.05) is 0 Å². The van der Waals surface area contributed by atoms with Crippen molar-refractivity contribution in [3.63, 3.8) is 0 Å². The average Bonchev–Trinajstić information content (AvgIpc) is 3.59. The van der Waals surface area contributed by atoms with Crippen molar-refractivity contribution in [3.8, 4) is 0 Å². The molecule has 1 unspecified atom stereocenters.